The van der Waals surface area contributed by atoms with Crippen LogP contribution in [0.25, 0.3) is 21.7 Å². The van der Waals surface area contributed by atoms with E-state index in [0.29, 0.717) is 29.9 Å². The molecule has 0 atom stereocenters. The summed E-state index contributed by atoms with van der Waals surface area (Å²) in [7, 11) is -3.09. The van der Waals surface area contributed by atoms with E-state index < -0.39 is 22.0 Å². The minimum absolute atomic E-state index is 0.0283. The maximum Gasteiger partial charge on any atom is 0.342 e. The van der Waals surface area contributed by atoms with Gasteiger partial charge in [-0.3, -0.25) is 0 Å². The molecular formula is C26H24N2O7S. The van der Waals surface area contributed by atoms with E-state index in [1.807, 2.05) is 24.3 Å². The highest BCUT2D eigenvalue weighted by molar-refractivity contribution is 7.93. The van der Waals surface area contributed by atoms with Crippen LogP contribution in [0.3, 0.4) is 0 Å². The molecule has 3 aromatic carbocycles. The number of nitrogens with zero attached hydrogens (tertiary/aromatic N) is 2. The summed E-state index contributed by atoms with van der Waals surface area (Å²) < 4.78 is 44.7. The van der Waals surface area contributed by atoms with Crippen molar-refractivity contribution >= 4 is 49.5 Å². The maximum atomic E-state index is 14.0. The molecule has 0 aliphatic carbocycles. The number of esters is 1. The molecular weight excluding hydrogens is 484 g/mol. The van der Waals surface area contributed by atoms with Crippen LogP contribution in [0.2, 0.25) is 0 Å². The third-order valence-electron chi connectivity index (χ3n) is 6.19. The summed E-state index contributed by atoms with van der Waals surface area (Å²) in [6.07, 6.45) is 0. The van der Waals surface area contributed by atoms with Crippen molar-refractivity contribution in [3.8, 4) is 0 Å². The Morgan fingerprint density at radius 1 is 0.972 bits per heavy atom. The largest absolute Gasteiger partial charge is 0.465 e. The van der Waals surface area contributed by atoms with Gasteiger partial charge in [-0.05, 0) is 48.0 Å². The highest BCUT2D eigenvalue weighted by Crippen LogP contribution is 2.33. The van der Waals surface area contributed by atoms with E-state index in [-0.39, 0.29) is 29.2 Å². The van der Waals surface area contributed by atoms with Gasteiger partial charge in [0.05, 0.1) is 30.9 Å². The zero-order chi connectivity index (χ0) is 25.4. The quantitative estimate of drug-likeness (QED) is 0.378. The minimum atomic E-state index is -4.34. The third kappa shape index (κ3) is 4.08. The highest BCUT2D eigenvalue weighted by atomic mass is 32.2. The molecule has 10 heteroatoms. The van der Waals surface area contributed by atoms with Gasteiger partial charge in [0.1, 0.15) is 16.9 Å². The fourth-order valence-corrected chi connectivity index (χ4v) is 5.80. The summed E-state index contributed by atoms with van der Waals surface area (Å²) in [5, 5.41) is 1.96. The fraction of sp³-hybridized carbons (Fsp3) is 0.231. The van der Waals surface area contributed by atoms with Crippen LogP contribution >= 0.6 is 0 Å². The molecule has 0 N–H and O–H groups in total. The Labute approximate surface area is 207 Å². The molecule has 1 aliphatic heterocycles. The number of fused-ring (bicyclic) bond motifs is 2. The Balaban J connectivity index is 1.68. The van der Waals surface area contributed by atoms with Crippen LogP contribution in [0, 0.1) is 6.92 Å². The van der Waals surface area contributed by atoms with E-state index in [1.54, 1.807) is 25.1 Å². The Morgan fingerprint density at radius 2 is 1.69 bits per heavy atom. The topological polar surface area (TPSA) is 106 Å². The lowest BCUT2D eigenvalue weighted by molar-refractivity contribution is 0.0557. The van der Waals surface area contributed by atoms with Gasteiger partial charge in [0.2, 0.25) is 0 Å². The molecule has 4 aromatic rings. The number of ether oxygens (including phenoxy) is 2. The average Bonchev–Trinajstić information content (AvgIpc) is 3.23. The van der Waals surface area contributed by atoms with Crippen molar-refractivity contribution < 1.29 is 31.9 Å². The minimum Gasteiger partial charge on any atom is -0.465 e. The van der Waals surface area contributed by atoms with Gasteiger partial charge >= 0.3 is 12.0 Å². The summed E-state index contributed by atoms with van der Waals surface area (Å²) in [5.41, 5.74) is 0.632. The molecule has 0 unspecified atom stereocenters. The number of methoxy groups -OCH3 is 1. The smallest absolute Gasteiger partial charge is 0.342 e. The van der Waals surface area contributed by atoms with E-state index >= 15 is 0 Å². The molecule has 1 aromatic heterocycles. The summed E-state index contributed by atoms with van der Waals surface area (Å²) in [6.45, 7) is 2.74. The molecule has 0 spiro atoms. The molecule has 0 bridgehead atoms. The van der Waals surface area contributed by atoms with Gasteiger partial charge in [0.25, 0.3) is 10.0 Å². The van der Waals surface area contributed by atoms with Gasteiger partial charge in [-0.2, -0.15) is 4.31 Å². The van der Waals surface area contributed by atoms with Gasteiger partial charge in [-0.15, -0.1) is 0 Å². The molecule has 0 saturated carbocycles. The monoisotopic (exact) mass is 508 g/mol. The van der Waals surface area contributed by atoms with Crippen molar-refractivity contribution in [2.24, 2.45) is 0 Å². The fourth-order valence-electron chi connectivity index (χ4n) is 4.36. The lowest BCUT2D eigenvalue weighted by Gasteiger charge is -2.32. The normalized spacial score (nSPS) is 14.2. The van der Waals surface area contributed by atoms with E-state index in [2.05, 4.69) is 0 Å². The second kappa shape index (κ2) is 9.29. The Hall–Kier alpha value is -3.89. The molecule has 5 rings (SSSR count). The van der Waals surface area contributed by atoms with E-state index in [4.69, 9.17) is 13.9 Å². The first-order chi connectivity index (χ1) is 17.3. The highest BCUT2D eigenvalue weighted by Gasteiger charge is 2.35. The number of sulfonamides is 1. The molecule has 0 radical (unpaired) electrons. The number of furan rings is 1. The molecule has 2 heterocycles. The number of aryl methyl sites for hydroxylation is 1. The zero-order valence-electron chi connectivity index (χ0n) is 19.8. The SMILES string of the molecule is COC(=O)c1c(C)oc2ccc(N(C(=O)N3CCOCC3)S(=O)(=O)c3ccc4ccccc4c3)cc12. The van der Waals surface area contributed by atoms with Gasteiger partial charge in [-0.1, -0.05) is 30.3 Å². The molecule has 1 saturated heterocycles. The van der Waals surface area contributed by atoms with Crippen molar-refractivity contribution in [2.45, 2.75) is 11.8 Å². The number of morpholine rings is 1. The summed E-state index contributed by atoms with van der Waals surface area (Å²) >= 11 is 0. The Kier molecular flexibility index (Phi) is 6.15. The number of amides is 2. The second-order valence-electron chi connectivity index (χ2n) is 8.37. The lowest BCUT2D eigenvalue weighted by Crippen LogP contribution is -2.50. The van der Waals surface area contributed by atoms with Crippen LogP contribution in [-0.4, -0.2) is 58.7 Å². The number of hydrogen-bond acceptors (Lipinski definition) is 7. The number of carbonyl (C=O) groups excluding carboxylic acids is 2. The van der Waals surface area contributed by atoms with E-state index in [9.17, 15) is 18.0 Å². The number of benzene rings is 3. The summed E-state index contributed by atoms with van der Waals surface area (Å²) in [5.74, 6) is -0.288. The first kappa shape index (κ1) is 23.8. The standard InChI is InChI=1S/C26H24N2O7S/c1-17-24(25(29)33-2)22-16-20(8-10-23(22)35-17)28(26(30)27-11-13-34-14-12-27)36(31,32)21-9-7-18-5-3-4-6-19(18)15-21/h3-10,15-16H,11-14H2,1-2H3. The number of hydrogen-bond donors (Lipinski definition) is 0. The first-order valence-corrected chi connectivity index (χ1v) is 12.8. The lowest BCUT2D eigenvalue weighted by atomic mass is 10.1. The van der Waals surface area contributed by atoms with Gasteiger partial charge in [0, 0.05) is 18.5 Å². The van der Waals surface area contributed by atoms with Crippen molar-refractivity contribution in [3.05, 3.63) is 72.0 Å². The molecule has 186 valence electrons. The Morgan fingerprint density at radius 3 is 2.42 bits per heavy atom. The van der Waals surface area contributed by atoms with Crippen molar-refractivity contribution in [1.29, 1.82) is 0 Å². The summed E-state index contributed by atoms with van der Waals surface area (Å²) in [4.78, 5) is 27.5. The predicted molar refractivity (Wildman–Crippen MR) is 134 cm³/mol. The first-order valence-electron chi connectivity index (χ1n) is 11.3. The maximum absolute atomic E-state index is 14.0. The van der Waals surface area contributed by atoms with Gasteiger partial charge in [0.15, 0.2) is 0 Å². The van der Waals surface area contributed by atoms with Crippen LogP contribution in [0.5, 0.6) is 0 Å². The van der Waals surface area contributed by atoms with Crippen LogP contribution in [0.15, 0.2) is 70.0 Å². The molecule has 2 amide bonds. The number of anilines is 1. The van der Waals surface area contributed by atoms with E-state index in [0.717, 1.165) is 15.1 Å². The molecule has 36 heavy (non-hydrogen) atoms. The van der Waals surface area contributed by atoms with Gasteiger partial charge < -0.3 is 18.8 Å². The van der Waals surface area contributed by atoms with Crippen LogP contribution in [-0.2, 0) is 19.5 Å². The average molecular weight is 509 g/mol. The molecule has 9 nitrogen and oxygen atoms in total. The van der Waals surface area contributed by atoms with Crippen LogP contribution in [0.1, 0.15) is 16.1 Å². The van der Waals surface area contributed by atoms with Crippen LogP contribution in [0.4, 0.5) is 10.5 Å². The van der Waals surface area contributed by atoms with Crippen molar-refractivity contribution in [2.75, 3.05) is 37.7 Å². The van der Waals surface area contributed by atoms with Crippen molar-refractivity contribution in [1.82, 2.24) is 4.90 Å². The number of carbonyl (C=O) groups is 2. The summed E-state index contributed by atoms with van der Waals surface area (Å²) in [6, 6.07) is 15.9. The van der Waals surface area contributed by atoms with Crippen molar-refractivity contribution in [3.63, 3.8) is 0 Å². The molecule has 1 fully saturated rings. The number of rotatable bonds is 4. The van der Waals surface area contributed by atoms with E-state index in [1.165, 1.54) is 30.2 Å². The Bertz CT molecular complexity index is 1590. The number of urea groups is 1. The molecule has 1 aliphatic rings. The third-order valence-corrected chi connectivity index (χ3v) is 7.88. The van der Waals surface area contributed by atoms with Gasteiger partial charge in [-0.25, -0.2) is 18.0 Å². The van der Waals surface area contributed by atoms with Crippen LogP contribution < -0.4 is 4.31 Å². The zero-order valence-corrected chi connectivity index (χ0v) is 20.6. The predicted octanol–water partition coefficient (Wildman–Crippen LogP) is 4.33. The second-order valence-corrected chi connectivity index (χ2v) is 10.2.